The van der Waals surface area contributed by atoms with Crippen LogP contribution in [0.4, 0.5) is 5.69 Å². The normalized spacial score (nSPS) is 16.0. The Kier molecular flexibility index (Phi) is 5.43. The first-order valence-corrected chi connectivity index (χ1v) is 11.6. The number of nitrogens with zero attached hydrogens (tertiary/aromatic N) is 2. The number of benzene rings is 2. The Balaban J connectivity index is 1.49. The molecule has 0 aliphatic carbocycles. The SMILES string of the molecule is O=C(Nc1ccc2scnc2c1)c1ccc(S(=O)(=O)N2CCCCCC2)cc1. The Morgan fingerprint density at radius 1 is 1.00 bits per heavy atom. The number of hydrogen-bond donors (Lipinski definition) is 1. The topological polar surface area (TPSA) is 79.4 Å². The van der Waals surface area contributed by atoms with Gasteiger partial charge in [-0.15, -0.1) is 11.3 Å². The molecule has 0 saturated carbocycles. The summed E-state index contributed by atoms with van der Waals surface area (Å²) in [5, 5.41) is 2.84. The molecule has 1 N–H and O–H groups in total. The number of anilines is 1. The van der Waals surface area contributed by atoms with Crippen molar-refractivity contribution in [3.05, 3.63) is 53.5 Å². The molecule has 0 spiro atoms. The van der Waals surface area contributed by atoms with Crippen molar-refractivity contribution in [1.29, 1.82) is 0 Å². The van der Waals surface area contributed by atoms with Crippen molar-refractivity contribution in [3.63, 3.8) is 0 Å². The van der Waals surface area contributed by atoms with E-state index in [4.69, 9.17) is 0 Å². The molecule has 8 heteroatoms. The maximum Gasteiger partial charge on any atom is 0.255 e. The largest absolute Gasteiger partial charge is 0.322 e. The highest BCUT2D eigenvalue weighted by Crippen LogP contribution is 2.23. The Hall–Kier alpha value is -2.29. The fourth-order valence-electron chi connectivity index (χ4n) is 3.35. The number of sulfonamides is 1. The van der Waals surface area contributed by atoms with Gasteiger partial charge in [0.15, 0.2) is 0 Å². The van der Waals surface area contributed by atoms with E-state index in [9.17, 15) is 13.2 Å². The van der Waals surface area contributed by atoms with Crippen LogP contribution in [0.3, 0.4) is 0 Å². The predicted molar refractivity (Wildman–Crippen MR) is 111 cm³/mol. The minimum Gasteiger partial charge on any atom is -0.322 e. The average molecular weight is 416 g/mol. The van der Waals surface area contributed by atoms with Crippen LogP contribution in [0.15, 0.2) is 52.9 Å². The molecule has 4 rings (SSSR count). The lowest BCUT2D eigenvalue weighted by Gasteiger charge is -2.20. The molecule has 1 aliphatic rings. The first-order chi connectivity index (χ1) is 13.5. The first kappa shape index (κ1) is 19.0. The molecular weight excluding hydrogens is 394 g/mol. The number of aromatic nitrogens is 1. The van der Waals surface area contributed by atoms with Crippen molar-refractivity contribution < 1.29 is 13.2 Å². The fraction of sp³-hybridized carbons (Fsp3) is 0.300. The maximum atomic E-state index is 12.8. The van der Waals surface area contributed by atoms with Gasteiger partial charge in [0.2, 0.25) is 10.0 Å². The lowest BCUT2D eigenvalue weighted by atomic mass is 10.2. The molecule has 1 fully saturated rings. The van der Waals surface area contributed by atoms with Crippen LogP contribution in [0.2, 0.25) is 0 Å². The van der Waals surface area contributed by atoms with Gasteiger partial charge in [-0.2, -0.15) is 4.31 Å². The summed E-state index contributed by atoms with van der Waals surface area (Å²) in [5.41, 5.74) is 3.67. The summed E-state index contributed by atoms with van der Waals surface area (Å²) in [7, 11) is -3.51. The summed E-state index contributed by atoms with van der Waals surface area (Å²) in [4.78, 5) is 17.0. The zero-order valence-electron chi connectivity index (χ0n) is 15.3. The zero-order chi connectivity index (χ0) is 19.6. The number of hydrogen-bond acceptors (Lipinski definition) is 5. The van der Waals surface area contributed by atoms with E-state index in [2.05, 4.69) is 10.3 Å². The Morgan fingerprint density at radius 3 is 2.43 bits per heavy atom. The third-order valence-electron chi connectivity index (χ3n) is 4.91. The van der Waals surface area contributed by atoms with Crippen LogP contribution in [-0.2, 0) is 10.0 Å². The summed E-state index contributed by atoms with van der Waals surface area (Å²) in [6, 6.07) is 11.7. The molecule has 0 atom stereocenters. The van der Waals surface area contributed by atoms with Crippen LogP contribution in [-0.4, -0.2) is 36.7 Å². The van der Waals surface area contributed by atoms with Crippen molar-refractivity contribution in [2.75, 3.05) is 18.4 Å². The van der Waals surface area contributed by atoms with Crippen LogP contribution < -0.4 is 5.32 Å². The maximum absolute atomic E-state index is 12.8. The summed E-state index contributed by atoms with van der Waals surface area (Å²) in [6.45, 7) is 1.12. The number of nitrogens with one attached hydrogen (secondary N) is 1. The van der Waals surface area contributed by atoms with Gasteiger partial charge in [-0.1, -0.05) is 12.8 Å². The highest BCUT2D eigenvalue weighted by atomic mass is 32.2. The molecule has 1 aliphatic heterocycles. The number of rotatable bonds is 4. The molecule has 28 heavy (non-hydrogen) atoms. The van der Waals surface area contributed by atoms with E-state index in [0.29, 0.717) is 24.3 Å². The molecule has 0 unspecified atom stereocenters. The number of fused-ring (bicyclic) bond motifs is 1. The van der Waals surface area contributed by atoms with Crippen molar-refractivity contribution in [3.8, 4) is 0 Å². The quantitative estimate of drug-likeness (QED) is 0.695. The van der Waals surface area contributed by atoms with Gasteiger partial charge in [-0.05, 0) is 55.3 Å². The lowest BCUT2D eigenvalue weighted by Crippen LogP contribution is -2.31. The van der Waals surface area contributed by atoms with E-state index in [1.807, 2.05) is 18.2 Å². The molecule has 1 amide bonds. The monoisotopic (exact) mass is 415 g/mol. The Bertz CT molecular complexity index is 1080. The predicted octanol–water partition coefficient (Wildman–Crippen LogP) is 4.11. The van der Waals surface area contributed by atoms with E-state index >= 15 is 0 Å². The molecule has 2 aromatic carbocycles. The third-order valence-corrected chi connectivity index (χ3v) is 7.63. The van der Waals surface area contributed by atoms with Crippen molar-refractivity contribution >= 4 is 43.2 Å². The van der Waals surface area contributed by atoms with E-state index < -0.39 is 10.0 Å². The van der Waals surface area contributed by atoms with Gasteiger partial charge in [0.05, 0.1) is 20.6 Å². The molecule has 3 aromatic rings. The molecular formula is C20H21N3O3S2. The molecule has 0 bridgehead atoms. The molecule has 0 radical (unpaired) electrons. The first-order valence-electron chi connectivity index (χ1n) is 9.29. The number of carbonyl (C=O) groups is 1. The van der Waals surface area contributed by atoms with Gasteiger partial charge in [0, 0.05) is 24.3 Å². The number of carbonyl (C=O) groups excluding carboxylic acids is 1. The van der Waals surface area contributed by atoms with Gasteiger partial charge in [0.25, 0.3) is 5.91 Å². The Labute approximate surface area is 168 Å². The van der Waals surface area contributed by atoms with Crippen molar-refractivity contribution in [2.45, 2.75) is 30.6 Å². The summed E-state index contributed by atoms with van der Waals surface area (Å²) in [6.07, 6.45) is 3.92. The summed E-state index contributed by atoms with van der Waals surface area (Å²) in [5.74, 6) is -0.284. The van der Waals surface area contributed by atoms with E-state index in [-0.39, 0.29) is 10.8 Å². The standard InChI is InChI=1S/C20H21N3O3S2/c24-20(22-16-7-10-19-18(13-16)21-14-27-19)15-5-8-17(9-6-15)28(25,26)23-11-3-1-2-4-12-23/h5-10,13-14H,1-4,11-12H2,(H,22,24). The van der Waals surface area contributed by atoms with Gasteiger partial charge in [-0.25, -0.2) is 13.4 Å². The van der Waals surface area contributed by atoms with Crippen LogP contribution in [0.5, 0.6) is 0 Å². The molecule has 6 nitrogen and oxygen atoms in total. The van der Waals surface area contributed by atoms with Gasteiger partial charge in [0.1, 0.15) is 0 Å². The minimum absolute atomic E-state index is 0.231. The number of thiazole rings is 1. The number of amides is 1. The summed E-state index contributed by atoms with van der Waals surface area (Å²) < 4.78 is 28.3. The average Bonchev–Trinajstić information content (AvgIpc) is 2.98. The van der Waals surface area contributed by atoms with Crippen LogP contribution in [0, 0.1) is 0 Å². The van der Waals surface area contributed by atoms with Crippen LogP contribution >= 0.6 is 11.3 Å². The lowest BCUT2D eigenvalue weighted by molar-refractivity contribution is 0.102. The smallest absolute Gasteiger partial charge is 0.255 e. The van der Waals surface area contributed by atoms with E-state index in [0.717, 1.165) is 35.9 Å². The van der Waals surface area contributed by atoms with Gasteiger partial charge >= 0.3 is 0 Å². The molecule has 1 saturated heterocycles. The minimum atomic E-state index is -3.51. The highest BCUT2D eigenvalue weighted by molar-refractivity contribution is 7.89. The highest BCUT2D eigenvalue weighted by Gasteiger charge is 2.25. The zero-order valence-corrected chi connectivity index (χ0v) is 16.9. The second kappa shape index (κ2) is 7.98. The van der Waals surface area contributed by atoms with Crippen molar-refractivity contribution in [2.24, 2.45) is 0 Å². The molecule has 146 valence electrons. The van der Waals surface area contributed by atoms with Gasteiger partial charge < -0.3 is 5.32 Å². The van der Waals surface area contributed by atoms with Crippen LogP contribution in [0.25, 0.3) is 10.2 Å². The van der Waals surface area contributed by atoms with E-state index in [1.165, 1.54) is 12.1 Å². The Morgan fingerprint density at radius 2 is 1.71 bits per heavy atom. The molecule has 1 aromatic heterocycles. The molecule has 2 heterocycles. The van der Waals surface area contributed by atoms with E-state index in [1.54, 1.807) is 33.3 Å². The third kappa shape index (κ3) is 3.94. The van der Waals surface area contributed by atoms with Crippen LogP contribution in [0.1, 0.15) is 36.0 Å². The second-order valence-corrected chi connectivity index (χ2v) is 9.66. The summed E-state index contributed by atoms with van der Waals surface area (Å²) >= 11 is 1.54. The fourth-order valence-corrected chi connectivity index (χ4v) is 5.52. The van der Waals surface area contributed by atoms with Crippen molar-refractivity contribution in [1.82, 2.24) is 9.29 Å². The second-order valence-electron chi connectivity index (χ2n) is 6.83. The van der Waals surface area contributed by atoms with Gasteiger partial charge in [-0.3, -0.25) is 4.79 Å².